The predicted molar refractivity (Wildman–Crippen MR) is 205 cm³/mol. The van der Waals surface area contributed by atoms with Crippen molar-refractivity contribution in [3.63, 3.8) is 0 Å². The van der Waals surface area contributed by atoms with Crippen LogP contribution >= 0.6 is 0 Å². The number of carbonyl (C=O) groups is 1. The molecule has 12 heteroatoms. The van der Waals surface area contributed by atoms with Crippen molar-refractivity contribution in [1.82, 2.24) is 10.2 Å². The van der Waals surface area contributed by atoms with Gasteiger partial charge in [0, 0.05) is 63.2 Å². The van der Waals surface area contributed by atoms with Gasteiger partial charge in [-0.05, 0) is 143 Å². The molecule has 1 N–H and O–H groups in total. The Balaban J connectivity index is 0.000000205. The van der Waals surface area contributed by atoms with E-state index in [1.807, 2.05) is 43.0 Å². The molecule has 2 aromatic rings. The van der Waals surface area contributed by atoms with Gasteiger partial charge in [0.1, 0.15) is 0 Å². The van der Waals surface area contributed by atoms with Gasteiger partial charge < -0.3 is 24.8 Å². The first-order valence-electron chi connectivity index (χ1n) is 19.0. The van der Waals surface area contributed by atoms with Crippen LogP contribution in [0.2, 0.25) is 0 Å². The van der Waals surface area contributed by atoms with Crippen molar-refractivity contribution in [3.05, 3.63) is 48.5 Å². The number of hydrogen-bond donors (Lipinski definition) is 1. The molecule has 0 radical (unpaired) electrons. The number of anilines is 2. The molecule has 2 aromatic carbocycles. The van der Waals surface area contributed by atoms with Crippen LogP contribution in [0.15, 0.2) is 58.3 Å². The standard InChI is InChI=1S/C22H34N2O4S.C17H26N2O2S/c1-17(2)16-28-22(25)24-14-10-19(11-15-24)18-8-12-23(13-9-18)20-4-6-21(7-5-20)29(3,26)27;1-22(20,21)17-4-2-16(3-5-17)19-12-8-15(9-13-19)14-6-10-18-11-7-14/h4-7,17-19H,8-16H2,1-3H3;2-5,14-15,18H,6-13H2,1H3. The minimum Gasteiger partial charge on any atom is -0.449 e. The van der Waals surface area contributed by atoms with Gasteiger partial charge >= 0.3 is 6.09 Å². The van der Waals surface area contributed by atoms with Crippen LogP contribution in [0, 0.1) is 29.6 Å². The van der Waals surface area contributed by atoms with Crippen molar-refractivity contribution < 1.29 is 26.4 Å². The van der Waals surface area contributed by atoms with Crippen LogP contribution in [-0.4, -0.2) is 99.3 Å². The molecule has 0 aliphatic carbocycles. The zero-order valence-corrected chi connectivity index (χ0v) is 32.8. The molecule has 284 valence electrons. The van der Waals surface area contributed by atoms with Crippen LogP contribution in [0.4, 0.5) is 16.2 Å². The molecule has 4 fully saturated rings. The summed E-state index contributed by atoms with van der Waals surface area (Å²) >= 11 is 0. The second kappa shape index (κ2) is 17.8. The maximum absolute atomic E-state index is 12.1. The van der Waals surface area contributed by atoms with Gasteiger partial charge in [-0.3, -0.25) is 0 Å². The number of sulfone groups is 2. The zero-order chi connectivity index (χ0) is 36.6. The zero-order valence-electron chi connectivity index (χ0n) is 31.1. The average molecular weight is 745 g/mol. The van der Waals surface area contributed by atoms with Crippen LogP contribution in [0.1, 0.15) is 65.2 Å². The van der Waals surface area contributed by atoms with E-state index in [1.165, 1.54) is 51.3 Å². The highest BCUT2D eigenvalue weighted by molar-refractivity contribution is 7.91. The molecule has 6 rings (SSSR count). The number of rotatable bonds is 8. The van der Waals surface area contributed by atoms with Crippen molar-refractivity contribution in [1.29, 1.82) is 0 Å². The Labute approximate surface area is 307 Å². The molecule has 0 atom stereocenters. The lowest BCUT2D eigenvalue weighted by atomic mass is 9.79. The molecule has 0 unspecified atom stereocenters. The summed E-state index contributed by atoms with van der Waals surface area (Å²) in [5.41, 5.74) is 2.25. The Morgan fingerprint density at radius 2 is 0.980 bits per heavy atom. The summed E-state index contributed by atoms with van der Waals surface area (Å²) < 4.78 is 51.6. The summed E-state index contributed by atoms with van der Waals surface area (Å²) in [6.07, 6.45) is 11.9. The summed E-state index contributed by atoms with van der Waals surface area (Å²) in [5, 5.41) is 3.45. The second-order valence-electron chi connectivity index (χ2n) is 15.6. The normalized spacial score (nSPS) is 20.6. The predicted octanol–water partition coefficient (Wildman–Crippen LogP) is 6.12. The first-order chi connectivity index (χ1) is 24.3. The number of nitrogens with zero attached hydrogens (tertiary/aromatic N) is 3. The smallest absolute Gasteiger partial charge is 0.409 e. The van der Waals surface area contributed by atoms with E-state index in [1.54, 1.807) is 24.3 Å². The van der Waals surface area contributed by atoms with Crippen molar-refractivity contribution in [3.8, 4) is 0 Å². The van der Waals surface area contributed by atoms with Crippen LogP contribution in [0.5, 0.6) is 0 Å². The maximum Gasteiger partial charge on any atom is 0.409 e. The third-order valence-electron chi connectivity index (χ3n) is 11.4. The van der Waals surface area contributed by atoms with E-state index in [0.717, 1.165) is 88.2 Å². The molecule has 0 saturated carbocycles. The van der Waals surface area contributed by atoms with E-state index in [2.05, 4.69) is 15.1 Å². The minimum absolute atomic E-state index is 0.162. The minimum atomic E-state index is -3.15. The third-order valence-corrected chi connectivity index (χ3v) is 13.7. The largest absolute Gasteiger partial charge is 0.449 e. The summed E-state index contributed by atoms with van der Waals surface area (Å²) in [6.45, 7) is 12.7. The van der Waals surface area contributed by atoms with E-state index >= 15 is 0 Å². The van der Waals surface area contributed by atoms with Gasteiger partial charge in [-0.2, -0.15) is 0 Å². The maximum atomic E-state index is 12.1. The van der Waals surface area contributed by atoms with E-state index < -0.39 is 19.7 Å². The Morgan fingerprint density at radius 1 is 0.627 bits per heavy atom. The van der Waals surface area contributed by atoms with Crippen LogP contribution in [0.25, 0.3) is 0 Å². The quantitative estimate of drug-likeness (QED) is 0.342. The Kier molecular flexibility index (Phi) is 13.7. The second-order valence-corrected chi connectivity index (χ2v) is 19.6. The molecule has 0 bridgehead atoms. The summed E-state index contributed by atoms with van der Waals surface area (Å²) in [6, 6.07) is 14.6. The fourth-order valence-electron chi connectivity index (χ4n) is 8.26. The molecular weight excluding hydrogens is 685 g/mol. The molecule has 51 heavy (non-hydrogen) atoms. The number of benzene rings is 2. The Morgan fingerprint density at radius 3 is 1.33 bits per heavy atom. The van der Waals surface area contributed by atoms with E-state index in [4.69, 9.17) is 4.74 Å². The van der Waals surface area contributed by atoms with Gasteiger partial charge in [0.25, 0.3) is 0 Å². The lowest BCUT2D eigenvalue weighted by Crippen LogP contribution is -2.43. The SMILES string of the molecule is CC(C)COC(=O)N1CCC(C2CCN(c3ccc(S(C)(=O)=O)cc3)CC2)CC1.CS(=O)(=O)c1ccc(N2CCC(C3CCNCC3)CC2)cc1. The molecule has 4 aliphatic rings. The van der Waals surface area contributed by atoms with Gasteiger partial charge in [-0.1, -0.05) is 13.8 Å². The highest BCUT2D eigenvalue weighted by atomic mass is 32.2. The van der Waals surface area contributed by atoms with Crippen molar-refractivity contribution in [2.24, 2.45) is 29.6 Å². The number of carbonyl (C=O) groups excluding carboxylic acids is 1. The van der Waals surface area contributed by atoms with E-state index in [-0.39, 0.29) is 6.09 Å². The van der Waals surface area contributed by atoms with Crippen LogP contribution in [-0.2, 0) is 24.4 Å². The van der Waals surface area contributed by atoms with Crippen molar-refractivity contribution in [2.75, 3.05) is 81.3 Å². The lowest BCUT2D eigenvalue weighted by molar-refractivity contribution is 0.0705. The van der Waals surface area contributed by atoms with E-state index in [9.17, 15) is 21.6 Å². The molecule has 0 spiro atoms. The first-order valence-corrected chi connectivity index (χ1v) is 22.8. The lowest BCUT2D eigenvalue weighted by Gasteiger charge is -2.40. The monoisotopic (exact) mass is 744 g/mol. The number of likely N-dealkylation sites (tertiary alicyclic amines) is 1. The molecule has 4 saturated heterocycles. The third kappa shape index (κ3) is 11.3. The molecule has 10 nitrogen and oxygen atoms in total. The first kappa shape index (κ1) is 39.4. The number of hydrogen-bond acceptors (Lipinski definition) is 9. The van der Waals surface area contributed by atoms with Crippen molar-refractivity contribution >= 4 is 37.1 Å². The summed E-state index contributed by atoms with van der Waals surface area (Å²) in [5.74, 6) is 3.52. The highest BCUT2D eigenvalue weighted by Crippen LogP contribution is 2.35. The molecule has 4 heterocycles. The molecule has 1 amide bonds. The van der Waals surface area contributed by atoms with Gasteiger partial charge in [-0.25, -0.2) is 21.6 Å². The fraction of sp³-hybridized carbons (Fsp3) is 0.667. The van der Waals surface area contributed by atoms with Gasteiger partial charge in [0.15, 0.2) is 19.7 Å². The Hall–Kier alpha value is -2.83. The molecule has 4 aliphatic heterocycles. The summed E-state index contributed by atoms with van der Waals surface area (Å²) in [4.78, 5) is 19.5. The molecule has 0 aromatic heterocycles. The van der Waals surface area contributed by atoms with Gasteiger partial charge in [0.2, 0.25) is 0 Å². The van der Waals surface area contributed by atoms with Crippen LogP contribution in [0.3, 0.4) is 0 Å². The van der Waals surface area contributed by atoms with Crippen LogP contribution < -0.4 is 15.1 Å². The number of piperidine rings is 4. The highest BCUT2D eigenvalue weighted by Gasteiger charge is 2.32. The average Bonchev–Trinajstić information content (AvgIpc) is 3.14. The van der Waals surface area contributed by atoms with E-state index in [0.29, 0.717) is 34.2 Å². The van der Waals surface area contributed by atoms with Crippen molar-refractivity contribution in [2.45, 2.75) is 75.0 Å². The number of nitrogens with one attached hydrogen (secondary N) is 1. The summed E-state index contributed by atoms with van der Waals surface area (Å²) in [7, 11) is -6.25. The molecular formula is C39H60N4O6S2. The number of ether oxygens (including phenoxy) is 1. The fourth-order valence-corrected chi connectivity index (χ4v) is 9.53. The Bertz CT molecular complexity index is 1600. The van der Waals surface area contributed by atoms with Gasteiger partial charge in [-0.15, -0.1) is 0 Å². The topological polar surface area (TPSA) is 116 Å². The number of amides is 1. The van der Waals surface area contributed by atoms with Gasteiger partial charge in [0.05, 0.1) is 16.4 Å².